The lowest BCUT2D eigenvalue weighted by molar-refractivity contribution is -0.151. The third kappa shape index (κ3) is 6.26. The van der Waals surface area contributed by atoms with E-state index in [9.17, 15) is 14.4 Å². The first kappa shape index (κ1) is 20.8. The maximum atomic E-state index is 12.0. The van der Waals surface area contributed by atoms with Crippen LogP contribution in [-0.4, -0.2) is 64.2 Å². The highest BCUT2D eigenvalue weighted by Gasteiger charge is 2.17. The summed E-state index contributed by atoms with van der Waals surface area (Å²) in [6.07, 6.45) is -0.0482. The molecule has 9 heteroatoms. The number of halogens is 1. The number of ether oxygens (including phenoxy) is 3. The van der Waals surface area contributed by atoms with Crippen molar-refractivity contribution in [1.82, 2.24) is 10.2 Å². The van der Waals surface area contributed by atoms with Crippen LogP contribution in [0.2, 0.25) is 0 Å². The van der Waals surface area contributed by atoms with Gasteiger partial charge in [0.05, 0.1) is 27.2 Å². The molecule has 138 valence electrons. The highest BCUT2D eigenvalue weighted by molar-refractivity contribution is 9.10. The molecular weight excluding hydrogens is 396 g/mol. The van der Waals surface area contributed by atoms with E-state index in [0.29, 0.717) is 21.5 Å². The summed E-state index contributed by atoms with van der Waals surface area (Å²) in [6.45, 7) is -0.536. The molecule has 1 N–H and O–H groups in total. The molecule has 2 amide bonds. The van der Waals surface area contributed by atoms with Crippen molar-refractivity contribution in [1.29, 1.82) is 0 Å². The van der Waals surface area contributed by atoms with Gasteiger partial charge in [0.25, 0.3) is 5.91 Å². The summed E-state index contributed by atoms with van der Waals surface area (Å²) < 4.78 is 16.0. The van der Waals surface area contributed by atoms with E-state index in [0.717, 1.165) is 0 Å². The SMILES string of the molecule is CNC(=O)CN(C)C(=O)COC(=O)Cc1cc(OC)c(OC)cc1Br. The number of likely N-dealkylation sites (N-methyl/N-ethyl adjacent to an activating group) is 2. The first-order valence-corrected chi connectivity index (χ1v) is 8.12. The smallest absolute Gasteiger partial charge is 0.310 e. The molecular formula is C16H21BrN2O6. The molecule has 1 rings (SSSR count). The predicted molar refractivity (Wildman–Crippen MR) is 93.6 cm³/mol. The normalized spacial score (nSPS) is 9.96. The fraction of sp³-hybridized carbons (Fsp3) is 0.438. The van der Waals surface area contributed by atoms with E-state index in [1.807, 2.05) is 0 Å². The maximum Gasteiger partial charge on any atom is 0.310 e. The third-order valence-corrected chi connectivity index (χ3v) is 4.07. The third-order valence-electron chi connectivity index (χ3n) is 3.33. The van der Waals surface area contributed by atoms with Crippen LogP contribution in [0.3, 0.4) is 0 Å². The topological polar surface area (TPSA) is 94.2 Å². The largest absolute Gasteiger partial charge is 0.493 e. The first-order valence-electron chi connectivity index (χ1n) is 7.32. The van der Waals surface area contributed by atoms with E-state index < -0.39 is 18.5 Å². The highest BCUT2D eigenvalue weighted by atomic mass is 79.9. The number of carbonyl (C=O) groups excluding carboxylic acids is 3. The Balaban J connectivity index is 2.62. The van der Waals surface area contributed by atoms with Crippen molar-refractivity contribution in [2.24, 2.45) is 0 Å². The van der Waals surface area contributed by atoms with Gasteiger partial charge in [0.15, 0.2) is 18.1 Å². The molecule has 0 unspecified atom stereocenters. The van der Waals surface area contributed by atoms with E-state index in [-0.39, 0.29) is 18.9 Å². The van der Waals surface area contributed by atoms with Crippen molar-refractivity contribution in [2.75, 3.05) is 41.5 Å². The van der Waals surface area contributed by atoms with E-state index in [1.54, 1.807) is 12.1 Å². The number of rotatable bonds is 8. The lowest BCUT2D eigenvalue weighted by atomic mass is 10.1. The Hall–Kier alpha value is -2.29. The number of esters is 1. The molecule has 0 aromatic heterocycles. The van der Waals surface area contributed by atoms with Crippen LogP contribution in [0.1, 0.15) is 5.56 Å². The van der Waals surface area contributed by atoms with E-state index in [1.165, 1.54) is 33.2 Å². The van der Waals surface area contributed by atoms with Gasteiger partial charge >= 0.3 is 5.97 Å². The van der Waals surface area contributed by atoms with Gasteiger partial charge in [-0.2, -0.15) is 0 Å². The number of nitrogens with one attached hydrogen (secondary N) is 1. The summed E-state index contributed by atoms with van der Waals surface area (Å²) >= 11 is 3.36. The average Bonchev–Trinajstić information content (AvgIpc) is 2.60. The minimum absolute atomic E-state index is 0.0482. The second kappa shape index (κ2) is 9.87. The molecule has 25 heavy (non-hydrogen) atoms. The number of hydrogen-bond acceptors (Lipinski definition) is 6. The summed E-state index contributed by atoms with van der Waals surface area (Å²) in [5.41, 5.74) is 0.633. The van der Waals surface area contributed by atoms with Crippen molar-refractivity contribution >= 4 is 33.7 Å². The molecule has 8 nitrogen and oxygen atoms in total. The summed E-state index contributed by atoms with van der Waals surface area (Å²) in [7, 11) is 5.94. The van der Waals surface area contributed by atoms with Gasteiger partial charge in [-0.15, -0.1) is 0 Å². The molecule has 0 aliphatic rings. The van der Waals surface area contributed by atoms with E-state index in [4.69, 9.17) is 14.2 Å². The molecule has 0 radical (unpaired) electrons. The predicted octanol–water partition coefficient (Wildman–Crippen LogP) is 0.756. The Morgan fingerprint density at radius 2 is 1.76 bits per heavy atom. The van der Waals surface area contributed by atoms with Gasteiger partial charge in [0.2, 0.25) is 5.91 Å². The summed E-state index contributed by atoms with van der Waals surface area (Å²) in [6, 6.07) is 3.34. The quantitative estimate of drug-likeness (QED) is 0.628. The van der Waals surface area contributed by atoms with Gasteiger partial charge in [0, 0.05) is 18.6 Å². The molecule has 1 aromatic carbocycles. The standard InChI is InChI=1S/C16H21BrN2O6/c1-18-14(20)8-19(2)15(21)9-25-16(22)6-10-5-12(23-3)13(24-4)7-11(10)17/h5,7H,6,8-9H2,1-4H3,(H,18,20). The van der Waals surface area contributed by atoms with Crippen LogP contribution in [0.4, 0.5) is 0 Å². The van der Waals surface area contributed by atoms with Gasteiger partial charge in [-0.3, -0.25) is 14.4 Å². The zero-order valence-electron chi connectivity index (χ0n) is 14.6. The molecule has 0 saturated carbocycles. The van der Waals surface area contributed by atoms with E-state index in [2.05, 4.69) is 21.2 Å². The average molecular weight is 417 g/mol. The highest BCUT2D eigenvalue weighted by Crippen LogP contribution is 2.33. The van der Waals surface area contributed by atoms with Crippen LogP contribution in [0.15, 0.2) is 16.6 Å². The number of hydrogen-bond donors (Lipinski definition) is 1. The van der Waals surface area contributed by atoms with Crippen LogP contribution in [0.5, 0.6) is 11.5 Å². The molecule has 1 aromatic rings. The zero-order chi connectivity index (χ0) is 19.0. The van der Waals surface area contributed by atoms with Crippen LogP contribution in [0, 0.1) is 0 Å². The second-order valence-corrected chi connectivity index (χ2v) is 5.91. The molecule has 0 atom stereocenters. The molecule has 0 aliphatic heterocycles. The fourth-order valence-electron chi connectivity index (χ4n) is 1.87. The molecule has 0 bridgehead atoms. The first-order chi connectivity index (χ1) is 11.8. The second-order valence-electron chi connectivity index (χ2n) is 5.06. The summed E-state index contributed by atoms with van der Waals surface area (Å²) in [4.78, 5) is 36.2. The minimum Gasteiger partial charge on any atom is -0.493 e. The van der Waals surface area contributed by atoms with Gasteiger partial charge in [-0.1, -0.05) is 15.9 Å². The van der Waals surface area contributed by atoms with Crippen molar-refractivity contribution in [2.45, 2.75) is 6.42 Å². The minimum atomic E-state index is -0.574. The molecule has 0 heterocycles. The lowest BCUT2D eigenvalue weighted by Gasteiger charge is -2.16. The van der Waals surface area contributed by atoms with Gasteiger partial charge in [-0.05, 0) is 17.7 Å². The number of nitrogens with zero attached hydrogens (tertiary/aromatic N) is 1. The number of carbonyl (C=O) groups is 3. The fourth-order valence-corrected chi connectivity index (χ4v) is 2.34. The van der Waals surface area contributed by atoms with Crippen LogP contribution < -0.4 is 14.8 Å². The molecule has 0 fully saturated rings. The Bertz CT molecular complexity index is 650. The van der Waals surface area contributed by atoms with Crippen molar-refractivity contribution in [3.05, 3.63) is 22.2 Å². The Labute approximate surface area is 154 Å². The number of benzene rings is 1. The summed E-state index contributed by atoms with van der Waals surface area (Å²) in [5, 5.41) is 2.41. The Morgan fingerprint density at radius 1 is 1.16 bits per heavy atom. The Morgan fingerprint density at radius 3 is 2.32 bits per heavy atom. The van der Waals surface area contributed by atoms with Crippen LogP contribution in [0.25, 0.3) is 0 Å². The van der Waals surface area contributed by atoms with Gasteiger partial charge < -0.3 is 24.4 Å². The monoisotopic (exact) mass is 416 g/mol. The Kier molecular flexibility index (Phi) is 8.20. The molecule has 0 aliphatic carbocycles. The van der Waals surface area contributed by atoms with Crippen molar-refractivity contribution < 1.29 is 28.6 Å². The molecule has 0 saturated heterocycles. The molecule has 0 spiro atoms. The maximum absolute atomic E-state index is 12.0. The van der Waals surface area contributed by atoms with Gasteiger partial charge in [0.1, 0.15) is 0 Å². The van der Waals surface area contributed by atoms with Crippen molar-refractivity contribution in [3.63, 3.8) is 0 Å². The number of methoxy groups -OCH3 is 2. The summed E-state index contributed by atoms with van der Waals surface area (Å²) in [5.74, 6) is -0.346. The zero-order valence-corrected chi connectivity index (χ0v) is 16.1. The van der Waals surface area contributed by atoms with Gasteiger partial charge in [-0.25, -0.2) is 0 Å². The van der Waals surface area contributed by atoms with Crippen LogP contribution >= 0.6 is 15.9 Å². The van der Waals surface area contributed by atoms with Crippen LogP contribution in [-0.2, 0) is 25.5 Å². The van der Waals surface area contributed by atoms with E-state index >= 15 is 0 Å². The van der Waals surface area contributed by atoms with Crippen molar-refractivity contribution in [3.8, 4) is 11.5 Å². The number of amides is 2. The lowest BCUT2D eigenvalue weighted by Crippen LogP contribution is -2.39.